The van der Waals surface area contributed by atoms with Gasteiger partial charge in [0.2, 0.25) is 0 Å². The van der Waals surface area contributed by atoms with Crippen molar-refractivity contribution in [2.45, 2.75) is 26.0 Å². The Balaban J connectivity index is 1.96. The van der Waals surface area contributed by atoms with Gasteiger partial charge in [0, 0.05) is 18.5 Å². The smallest absolute Gasteiger partial charge is 0.342 e. The van der Waals surface area contributed by atoms with Gasteiger partial charge in [0.1, 0.15) is 16.9 Å². The number of ether oxygens (including phenoxy) is 1. The number of rotatable bonds is 4. The summed E-state index contributed by atoms with van der Waals surface area (Å²) >= 11 is 0. The second-order valence-corrected chi connectivity index (χ2v) is 5.29. The number of aliphatic hydroxyl groups is 1. The zero-order valence-electron chi connectivity index (χ0n) is 12.0. The van der Waals surface area contributed by atoms with E-state index >= 15 is 0 Å². The predicted octanol–water partition coefficient (Wildman–Crippen LogP) is 2.18. The number of fused-ring (bicyclic) bond motifs is 1. The van der Waals surface area contributed by atoms with Gasteiger partial charge in [-0.25, -0.2) is 4.79 Å². The highest BCUT2D eigenvalue weighted by Gasteiger charge is 2.26. The van der Waals surface area contributed by atoms with Crippen molar-refractivity contribution in [2.24, 2.45) is 0 Å². The molecule has 1 fully saturated rings. The minimum absolute atomic E-state index is 0.291. The first-order chi connectivity index (χ1) is 10.2. The molecule has 3 rings (SSSR count). The Morgan fingerprint density at radius 2 is 2.29 bits per heavy atom. The average Bonchev–Trinajstić information content (AvgIpc) is 3.02. The second kappa shape index (κ2) is 5.87. The molecule has 0 aliphatic carbocycles. The van der Waals surface area contributed by atoms with E-state index in [-0.39, 0.29) is 12.1 Å². The van der Waals surface area contributed by atoms with E-state index in [1.54, 1.807) is 6.92 Å². The summed E-state index contributed by atoms with van der Waals surface area (Å²) in [5.74, 6) is 0.265. The van der Waals surface area contributed by atoms with E-state index in [9.17, 15) is 9.90 Å². The molecular formula is C16H19NO4. The van der Waals surface area contributed by atoms with Crippen molar-refractivity contribution >= 4 is 16.9 Å². The molecule has 2 aromatic rings. The van der Waals surface area contributed by atoms with Gasteiger partial charge in [-0.3, -0.25) is 4.90 Å². The Hall–Kier alpha value is -1.85. The van der Waals surface area contributed by atoms with Crippen molar-refractivity contribution in [3.05, 3.63) is 35.6 Å². The summed E-state index contributed by atoms with van der Waals surface area (Å²) in [6, 6.07) is 7.47. The summed E-state index contributed by atoms with van der Waals surface area (Å²) in [7, 11) is 0. The molecule has 2 heterocycles. The Kier molecular flexibility index (Phi) is 3.94. The van der Waals surface area contributed by atoms with Gasteiger partial charge < -0.3 is 14.3 Å². The van der Waals surface area contributed by atoms with Crippen LogP contribution in [-0.2, 0) is 11.3 Å². The fourth-order valence-electron chi connectivity index (χ4n) is 2.79. The molecule has 5 nitrogen and oxygen atoms in total. The lowest BCUT2D eigenvalue weighted by molar-refractivity contribution is 0.0524. The van der Waals surface area contributed by atoms with Crippen LogP contribution in [0.15, 0.2) is 28.7 Å². The molecule has 0 amide bonds. The molecule has 1 aromatic carbocycles. The van der Waals surface area contributed by atoms with Crippen LogP contribution in [0.2, 0.25) is 0 Å². The van der Waals surface area contributed by atoms with Crippen molar-refractivity contribution in [3.8, 4) is 0 Å². The number of β-amino-alcohol motifs (C(OH)–C–C–N with tert-alkyl or cyclic N) is 1. The van der Waals surface area contributed by atoms with E-state index in [1.807, 2.05) is 24.3 Å². The van der Waals surface area contributed by atoms with Crippen molar-refractivity contribution < 1.29 is 19.1 Å². The number of furan rings is 1. The summed E-state index contributed by atoms with van der Waals surface area (Å²) in [6.45, 7) is 4.05. The quantitative estimate of drug-likeness (QED) is 0.874. The second-order valence-electron chi connectivity index (χ2n) is 5.29. The first-order valence-electron chi connectivity index (χ1n) is 7.27. The van der Waals surface area contributed by atoms with Crippen LogP contribution in [0.1, 0.15) is 29.5 Å². The fourth-order valence-corrected chi connectivity index (χ4v) is 2.79. The van der Waals surface area contributed by atoms with E-state index in [2.05, 4.69) is 4.90 Å². The van der Waals surface area contributed by atoms with Crippen molar-refractivity contribution in [2.75, 3.05) is 19.7 Å². The molecule has 0 bridgehead atoms. The highest BCUT2D eigenvalue weighted by atomic mass is 16.5. The monoisotopic (exact) mass is 289 g/mol. The molecule has 0 spiro atoms. The maximum absolute atomic E-state index is 12.2. The summed E-state index contributed by atoms with van der Waals surface area (Å²) in [5, 5.41) is 10.4. The van der Waals surface area contributed by atoms with E-state index < -0.39 is 0 Å². The van der Waals surface area contributed by atoms with Crippen LogP contribution in [-0.4, -0.2) is 41.8 Å². The van der Waals surface area contributed by atoms with Gasteiger partial charge in [-0.2, -0.15) is 0 Å². The standard InChI is InChI=1S/C16H19NO4/c1-2-20-16(19)15-12-5-3-4-6-13(12)21-14(15)10-17-8-7-11(18)9-17/h3-6,11,18H,2,7-10H2,1H3/t11-/m0/s1. The number of hydrogen-bond donors (Lipinski definition) is 1. The van der Waals surface area contributed by atoms with Crippen molar-refractivity contribution in [3.63, 3.8) is 0 Å². The molecule has 0 saturated carbocycles. The number of carbonyl (C=O) groups excluding carboxylic acids is 1. The third-order valence-electron chi connectivity index (χ3n) is 3.76. The summed E-state index contributed by atoms with van der Waals surface area (Å²) in [5.41, 5.74) is 1.20. The maximum Gasteiger partial charge on any atom is 0.342 e. The van der Waals surface area contributed by atoms with Crippen molar-refractivity contribution in [1.29, 1.82) is 0 Å². The Bertz CT molecular complexity index is 649. The Morgan fingerprint density at radius 3 is 3.00 bits per heavy atom. The van der Waals surface area contributed by atoms with Gasteiger partial charge in [-0.15, -0.1) is 0 Å². The number of likely N-dealkylation sites (tertiary alicyclic amines) is 1. The first kappa shape index (κ1) is 14.1. The Labute approximate surface area is 123 Å². The van der Waals surface area contributed by atoms with Gasteiger partial charge >= 0.3 is 5.97 Å². The Morgan fingerprint density at radius 1 is 1.48 bits per heavy atom. The molecule has 1 atom stereocenters. The van der Waals surface area contributed by atoms with Gasteiger partial charge in [0.25, 0.3) is 0 Å². The zero-order valence-corrected chi connectivity index (χ0v) is 12.0. The topological polar surface area (TPSA) is 62.9 Å². The molecule has 1 aliphatic rings. The van der Waals surface area contributed by atoms with E-state index in [1.165, 1.54) is 0 Å². The number of para-hydroxylation sites is 1. The molecule has 1 aromatic heterocycles. The van der Waals surface area contributed by atoms with Crippen LogP contribution >= 0.6 is 0 Å². The summed E-state index contributed by atoms with van der Waals surface area (Å²) < 4.78 is 11.0. The minimum Gasteiger partial charge on any atom is -0.462 e. The molecular weight excluding hydrogens is 270 g/mol. The first-order valence-corrected chi connectivity index (χ1v) is 7.27. The van der Waals surface area contributed by atoms with Crippen molar-refractivity contribution in [1.82, 2.24) is 4.90 Å². The minimum atomic E-state index is -0.350. The largest absolute Gasteiger partial charge is 0.462 e. The van der Waals surface area contributed by atoms with Crippen LogP contribution < -0.4 is 0 Å². The number of benzene rings is 1. The van der Waals surface area contributed by atoms with Gasteiger partial charge in [0.15, 0.2) is 0 Å². The summed E-state index contributed by atoms with van der Waals surface area (Å²) in [4.78, 5) is 14.3. The number of hydrogen-bond acceptors (Lipinski definition) is 5. The van der Waals surface area contributed by atoms with Crippen LogP contribution in [0.5, 0.6) is 0 Å². The molecule has 1 N–H and O–H groups in total. The van der Waals surface area contributed by atoms with Gasteiger partial charge in [-0.05, 0) is 19.4 Å². The SMILES string of the molecule is CCOC(=O)c1c(CN2CC[C@H](O)C2)oc2ccccc12. The van der Waals surface area contributed by atoms with Gasteiger partial charge in [0.05, 0.1) is 19.3 Å². The number of esters is 1. The lowest BCUT2D eigenvalue weighted by Gasteiger charge is -2.13. The van der Waals surface area contributed by atoms with Crippen LogP contribution in [0, 0.1) is 0 Å². The highest BCUT2D eigenvalue weighted by molar-refractivity contribution is 6.04. The van der Waals surface area contributed by atoms with E-state index in [0.29, 0.717) is 36.6 Å². The third kappa shape index (κ3) is 2.80. The van der Waals surface area contributed by atoms with Gasteiger partial charge in [-0.1, -0.05) is 18.2 Å². The molecule has 21 heavy (non-hydrogen) atoms. The molecule has 1 aliphatic heterocycles. The average molecular weight is 289 g/mol. The number of aliphatic hydroxyl groups excluding tert-OH is 1. The van der Waals surface area contributed by atoms with E-state index in [4.69, 9.17) is 9.15 Å². The molecule has 1 saturated heterocycles. The molecule has 0 unspecified atom stereocenters. The highest BCUT2D eigenvalue weighted by Crippen LogP contribution is 2.28. The van der Waals surface area contributed by atoms with E-state index in [0.717, 1.165) is 18.4 Å². The zero-order chi connectivity index (χ0) is 14.8. The molecule has 0 radical (unpaired) electrons. The predicted molar refractivity (Wildman–Crippen MR) is 78.1 cm³/mol. The van der Waals surface area contributed by atoms with Crippen LogP contribution in [0.3, 0.4) is 0 Å². The summed E-state index contributed by atoms with van der Waals surface area (Å²) in [6.07, 6.45) is 0.468. The number of carbonyl (C=O) groups is 1. The molecule has 112 valence electrons. The number of nitrogens with zero attached hydrogens (tertiary/aromatic N) is 1. The fraction of sp³-hybridized carbons (Fsp3) is 0.438. The normalized spacial score (nSPS) is 19.2. The van der Waals surface area contributed by atoms with Crippen LogP contribution in [0.25, 0.3) is 11.0 Å². The lowest BCUT2D eigenvalue weighted by atomic mass is 10.1. The van der Waals surface area contributed by atoms with Crippen LogP contribution in [0.4, 0.5) is 0 Å². The molecule has 5 heteroatoms. The lowest BCUT2D eigenvalue weighted by Crippen LogP contribution is -2.22. The maximum atomic E-state index is 12.2. The third-order valence-corrected chi connectivity index (χ3v) is 3.76.